The summed E-state index contributed by atoms with van der Waals surface area (Å²) < 4.78 is 50.8. The number of rotatable bonds is 5. The van der Waals surface area contributed by atoms with Gasteiger partial charge in [-0.25, -0.2) is 17.6 Å². The van der Waals surface area contributed by atoms with Crippen LogP contribution in [0.4, 0.5) is 10.1 Å². The summed E-state index contributed by atoms with van der Waals surface area (Å²) in [5.74, 6) is -2.07. The van der Waals surface area contributed by atoms with Gasteiger partial charge in [-0.15, -0.1) is 0 Å². The van der Waals surface area contributed by atoms with Crippen LogP contribution in [-0.4, -0.2) is 26.1 Å². The zero-order valence-electron chi connectivity index (χ0n) is 13.4. The maximum Gasteiger partial charge on any atom is 0.420 e. The first-order valence-electron chi connectivity index (χ1n) is 7.29. The largest absolute Gasteiger partial charge is 0.468 e. The van der Waals surface area contributed by atoms with Crippen molar-refractivity contribution in [2.24, 2.45) is 0 Å². The Labute approximate surface area is 146 Å². The molecule has 3 rings (SSSR count). The number of ether oxygens (including phenoxy) is 1. The summed E-state index contributed by atoms with van der Waals surface area (Å²) in [7, 11) is -2.85. The molecule has 2 aromatic carbocycles. The van der Waals surface area contributed by atoms with Crippen molar-refractivity contribution in [3.63, 3.8) is 0 Å². The molecule has 0 radical (unpaired) electrons. The van der Waals surface area contributed by atoms with E-state index in [-0.39, 0.29) is 28.2 Å². The molecule has 10 heteroatoms. The third kappa shape index (κ3) is 3.45. The first-order valence-corrected chi connectivity index (χ1v) is 8.77. The number of nitrogens with zero attached hydrogens (tertiary/aromatic N) is 1. The smallest absolute Gasteiger partial charge is 0.420 e. The molecule has 26 heavy (non-hydrogen) atoms. The molecule has 1 heterocycles. The minimum atomic E-state index is -4.03. The highest BCUT2D eigenvalue weighted by molar-refractivity contribution is 7.92. The molecular weight excluding hydrogens is 367 g/mol. The quantitative estimate of drug-likeness (QED) is 0.675. The molecule has 0 spiro atoms. The molecule has 0 amide bonds. The van der Waals surface area contributed by atoms with Crippen LogP contribution in [0.25, 0.3) is 11.1 Å². The maximum atomic E-state index is 13.2. The van der Waals surface area contributed by atoms with Crippen molar-refractivity contribution in [1.29, 1.82) is 0 Å². The second kappa shape index (κ2) is 6.64. The maximum absolute atomic E-state index is 13.2. The van der Waals surface area contributed by atoms with Crippen LogP contribution in [0, 0.1) is 5.82 Å². The average molecular weight is 380 g/mol. The summed E-state index contributed by atoms with van der Waals surface area (Å²) in [5, 5.41) is 0. The van der Waals surface area contributed by atoms with Gasteiger partial charge in [-0.3, -0.25) is 14.1 Å². The number of carbonyl (C=O) groups is 1. The lowest BCUT2D eigenvalue weighted by molar-refractivity contribution is -0.141. The summed E-state index contributed by atoms with van der Waals surface area (Å²) in [6.45, 7) is -0.365. The highest BCUT2D eigenvalue weighted by atomic mass is 32.2. The van der Waals surface area contributed by atoms with Gasteiger partial charge in [0.25, 0.3) is 10.0 Å². The monoisotopic (exact) mass is 380 g/mol. The zero-order chi connectivity index (χ0) is 18.9. The van der Waals surface area contributed by atoms with Gasteiger partial charge in [0.15, 0.2) is 5.58 Å². The highest BCUT2D eigenvalue weighted by Crippen LogP contribution is 2.21. The number of benzene rings is 2. The molecule has 8 nitrogen and oxygen atoms in total. The number of nitrogens with one attached hydrogen (secondary N) is 1. The van der Waals surface area contributed by atoms with E-state index in [1.807, 2.05) is 0 Å². The van der Waals surface area contributed by atoms with Gasteiger partial charge in [-0.05, 0) is 30.3 Å². The number of halogens is 1. The van der Waals surface area contributed by atoms with Gasteiger partial charge in [0.1, 0.15) is 12.4 Å². The van der Waals surface area contributed by atoms with Gasteiger partial charge in [0.05, 0.1) is 23.2 Å². The molecule has 0 bridgehead atoms. The fourth-order valence-electron chi connectivity index (χ4n) is 2.32. The predicted octanol–water partition coefficient (Wildman–Crippen LogP) is 1.71. The van der Waals surface area contributed by atoms with E-state index in [1.165, 1.54) is 37.4 Å². The van der Waals surface area contributed by atoms with E-state index in [4.69, 9.17) is 4.42 Å². The summed E-state index contributed by atoms with van der Waals surface area (Å²) in [6, 6.07) is 8.70. The second-order valence-corrected chi connectivity index (χ2v) is 6.96. The fourth-order valence-corrected chi connectivity index (χ4v) is 3.39. The lowest BCUT2D eigenvalue weighted by atomic mass is 10.3. The topological polar surface area (TPSA) is 108 Å². The number of sulfonamides is 1. The van der Waals surface area contributed by atoms with E-state index in [0.717, 1.165) is 16.7 Å². The van der Waals surface area contributed by atoms with Crippen LogP contribution in [-0.2, 0) is 26.1 Å². The first kappa shape index (κ1) is 17.7. The van der Waals surface area contributed by atoms with E-state index >= 15 is 0 Å². The highest BCUT2D eigenvalue weighted by Gasteiger charge is 2.19. The van der Waals surface area contributed by atoms with Crippen molar-refractivity contribution in [2.45, 2.75) is 11.4 Å². The Kier molecular flexibility index (Phi) is 4.51. The molecule has 1 aromatic heterocycles. The Morgan fingerprint density at radius 2 is 2.04 bits per heavy atom. The van der Waals surface area contributed by atoms with Crippen LogP contribution in [0.5, 0.6) is 0 Å². The summed E-state index contributed by atoms with van der Waals surface area (Å²) in [6.07, 6.45) is 0. The molecule has 0 aliphatic rings. The van der Waals surface area contributed by atoms with Crippen LogP contribution in [0.2, 0.25) is 0 Å². The van der Waals surface area contributed by atoms with Crippen LogP contribution < -0.4 is 10.5 Å². The normalized spacial score (nSPS) is 11.5. The number of carbonyl (C=O) groups excluding carboxylic acids is 1. The Morgan fingerprint density at radius 3 is 2.73 bits per heavy atom. The number of anilines is 1. The molecule has 0 saturated carbocycles. The van der Waals surface area contributed by atoms with E-state index < -0.39 is 27.6 Å². The lowest BCUT2D eigenvalue weighted by Crippen LogP contribution is -2.20. The molecule has 0 fully saturated rings. The van der Waals surface area contributed by atoms with E-state index in [0.29, 0.717) is 0 Å². The van der Waals surface area contributed by atoms with Gasteiger partial charge >= 0.3 is 11.7 Å². The second-order valence-electron chi connectivity index (χ2n) is 5.28. The summed E-state index contributed by atoms with van der Waals surface area (Å²) >= 11 is 0. The number of esters is 1. The SMILES string of the molecule is COC(=O)Cn1c(=O)oc2cc(S(=O)(=O)Nc3cccc(F)c3)ccc21. The van der Waals surface area contributed by atoms with Crippen LogP contribution in [0.3, 0.4) is 0 Å². The number of hydrogen-bond acceptors (Lipinski definition) is 6. The number of fused-ring (bicyclic) bond motifs is 1. The molecule has 1 N–H and O–H groups in total. The predicted molar refractivity (Wildman–Crippen MR) is 89.7 cm³/mol. The van der Waals surface area contributed by atoms with Crippen molar-refractivity contribution >= 4 is 32.8 Å². The number of aromatic nitrogens is 1. The van der Waals surface area contributed by atoms with Gasteiger partial charge in [0, 0.05) is 6.07 Å². The van der Waals surface area contributed by atoms with Crippen LogP contribution in [0.1, 0.15) is 0 Å². The van der Waals surface area contributed by atoms with Gasteiger partial charge in [-0.2, -0.15) is 0 Å². The van der Waals surface area contributed by atoms with E-state index in [9.17, 15) is 22.4 Å². The van der Waals surface area contributed by atoms with E-state index in [2.05, 4.69) is 9.46 Å². The van der Waals surface area contributed by atoms with Gasteiger partial charge in [0.2, 0.25) is 0 Å². The zero-order valence-corrected chi connectivity index (χ0v) is 14.2. The van der Waals surface area contributed by atoms with Crippen LogP contribution in [0.15, 0.2) is 56.6 Å². The Balaban J connectivity index is 1.98. The number of oxazole rings is 1. The molecule has 136 valence electrons. The number of methoxy groups -OCH3 is 1. The molecule has 0 atom stereocenters. The van der Waals surface area contributed by atoms with Crippen molar-refractivity contribution in [2.75, 3.05) is 11.8 Å². The van der Waals surface area contributed by atoms with Crippen LogP contribution >= 0.6 is 0 Å². The average Bonchev–Trinajstić information content (AvgIpc) is 2.89. The molecule has 3 aromatic rings. The first-order chi connectivity index (χ1) is 12.3. The standard InChI is InChI=1S/C16H13FN2O6S/c1-24-15(20)9-19-13-6-5-12(8-14(13)25-16(19)21)26(22,23)18-11-4-2-3-10(17)7-11/h2-8,18H,9H2,1H3. The minimum absolute atomic E-state index is 0.0129. The lowest BCUT2D eigenvalue weighted by Gasteiger charge is -2.08. The van der Waals surface area contributed by atoms with Gasteiger partial charge < -0.3 is 9.15 Å². The van der Waals surface area contributed by atoms with Crippen molar-refractivity contribution < 1.29 is 26.8 Å². The molecule has 0 saturated heterocycles. The fraction of sp³-hybridized carbons (Fsp3) is 0.125. The number of hydrogen-bond donors (Lipinski definition) is 1. The van der Waals surface area contributed by atoms with Crippen molar-refractivity contribution in [3.8, 4) is 0 Å². The summed E-state index contributed by atoms with van der Waals surface area (Å²) in [4.78, 5) is 23.0. The Hall–Kier alpha value is -3.14. The van der Waals surface area contributed by atoms with Crippen molar-refractivity contribution in [3.05, 3.63) is 58.8 Å². The van der Waals surface area contributed by atoms with E-state index in [1.54, 1.807) is 0 Å². The molecule has 0 unspecified atom stereocenters. The molecular formula is C16H13FN2O6S. The molecule has 0 aliphatic heterocycles. The third-order valence-corrected chi connectivity index (χ3v) is 4.92. The summed E-state index contributed by atoms with van der Waals surface area (Å²) in [5.41, 5.74) is 0.279. The molecule has 0 aliphatic carbocycles. The van der Waals surface area contributed by atoms with Crippen molar-refractivity contribution in [1.82, 2.24) is 4.57 Å². The third-order valence-electron chi connectivity index (χ3n) is 3.54. The van der Waals surface area contributed by atoms with Gasteiger partial charge in [-0.1, -0.05) is 6.07 Å². The Morgan fingerprint density at radius 1 is 1.27 bits per heavy atom. The minimum Gasteiger partial charge on any atom is -0.468 e. The Bertz CT molecular complexity index is 1150.